The maximum Gasteiger partial charge on any atom is 0.0645 e. The Morgan fingerprint density at radius 3 is 2.00 bits per heavy atom. The smallest absolute Gasteiger partial charge is 0.0645 e. The molecular weight excluding hydrogens is 272 g/mol. The van der Waals surface area contributed by atoms with Gasteiger partial charge in [-0.3, -0.25) is 0 Å². The summed E-state index contributed by atoms with van der Waals surface area (Å²) >= 11 is 0. The number of benzene rings is 1. The van der Waals surface area contributed by atoms with E-state index in [2.05, 4.69) is 51.5 Å². The lowest BCUT2D eigenvalue weighted by Crippen LogP contribution is -2.04. The van der Waals surface area contributed by atoms with Crippen LogP contribution in [0.25, 0.3) is 5.69 Å². The van der Waals surface area contributed by atoms with Crippen LogP contribution < -0.4 is 0 Å². The van der Waals surface area contributed by atoms with Crippen molar-refractivity contribution in [3.63, 3.8) is 0 Å². The van der Waals surface area contributed by atoms with Gasteiger partial charge in [-0.15, -0.1) is 0 Å². The molecular formula is C18H16N4. The monoisotopic (exact) mass is 288 g/mol. The molecule has 0 aliphatic carbocycles. The predicted molar refractivity (Wildman–Crippen MR) is 86.1 cm³/mol. The zero-order valence-corrected chi connectivity index (χ0v) is 12.0. The molecule has 0 aliphatic rings. The Labute approximate surface area is 128 Å². The Balaban J connectivity index is 1.74. The average Bonchev–Trinajstić information content (AvgIpc) is 3.32. The van der Waals surface area contributed by atoms with Gasteiger partial charge in [0.25, 0.3) is 0 Å². The number of aromatic amines is 2. The second kappa shape index (κ2) is 5.41. The van der Waals surface area contributed by atoms with Crippen LogP contribution in [0.2, 0.25) is 0 Å². The zero-order chi connectivity index (χ0) is 14.8. The van der Waals surface area contributed by atoms with Gasteiger partial charge in [0.05, 0.1) is 11.6 Å². The predicted octanol–water partition coefficient (Wildman–Crippen LogP) is 3.71. The topological polar surface area (TPSA) is 49.4 Å². The van der Waals surface area contributed by atoms with Crippen LogP contribution in [-0.4, -0.2) is 19.7 Å². The zero-order valence-electron chi connectivity index (χ0n) is 12.0. The van der Waals surface area contributed by atoms with Crippen molar-refractivity contribution < 1.29 is 0 Å². The molecule has 3 aromatic heterocycles. The van der Waals surface area contributed by atoms with Crippen LogP contribution in [0.5, 0.6) is 0 Å². The first-order valence-electron chi connectivity index (χ1n) is 7.28. The van der Waals surface area contributed by atoms with Crippen molar-refractivity contribution in [1.82, 2.24) is 19.7 Å². The number of nitrogens with zero attached hydrogens (tertiary/aromatic N) is 2. The molecule has 4 aromatic rings. The normalized spacial score (nSPS) is 11.1. The SMILES string of the molecule is c1c[nH]c(C(c2ccc(-n3cccn3)cc2)c2ccc[nH]2)c1. The van der Waals surface area contributed by atoms with Crippen LogP contribution in [0.3, 0.4) is 0 Å². The number of hydrogen-bond donors (Lipinski definition) is 2. The number of aromatic nitrogens is 4. The Morgan fingerprint density at radius 2 is 1.50 bits per heavy atom. The molecule has 22 heavy (non-hydrogen) atoms. The van der Waals surface area contributed by atoms with Gasteiger partial charge in [-0.2, -0.15) is 5.10 Å². The summed E-state index contributed by atoms with van der Waals surface area (Å²) in [5, 5.41) is 4.27. The van der Waals surface area contributed by atoms with Crippen molar-refractivity contribution in [2.45, 2.75) is 5.92 Å². The lowest BCUT2D eigenvalue weighted by Gasteiger charge is -2.16. The van der Waals surface area contributed by atoms with Gasteiger partial charge in [0.15, 0.2) is 0 Å². The minimum absolute atomic E-state index is 0.177. The third-order valence-corrected chi connectivity index (χ3v) is 3.86. The fourth-order valence-corrected chi connectivity index (χ4v) is 2.82. The summed E-state index contributed by atoms with van der Waals surface area (Å²) in [5.74, 6) is 0.177. The number of rotatable bonds is 4. The van der Waals surface area contributed by atoms with Gasteiger partial charge in [0.2, 0.25) is 0 Å². The Morgan fingerprint density at radius 1 is 0.818 bits per heavy atom. The molecule has 4 nitrogen and oxygen atoms in total. The highest BCUT2D eigenvalue weighted by Crippen LogP contribution is 2.30. The van der Waals surface area contributed by atoms with E-state index in [0.29, 0.717) is 0 Å². The van der Waals surface area contributed by atoms with E-state index in [0.717, 1.165) is 5.69 Å². The molecule has 0 saturated heterocycles. The van der Waals surface area contributed by atoms with E-state index in [1.807, 2.05) is 41.5 Å². The molecule has 0 spiro atoms. The molecule has 0 atom stereocenters. The van der Waals surface area contributed by atoms with E-state index in [9.17, 15) is 0 Å². The van der Waals surface area contributed by atoms with Crippen LogP contribution in [0.15, 0.2) is 79.4 Å². The van der Waals surface area contributed by atoms with Crippen molar-refractivity contribution in [3.8, 4) is 5.69 Å². The van der Waals surface area contributed by atoms with E-state index in [1.165, 1.54) is 17.0 Å². The quantitative estimate of drug-likeness (QED) is 0.591. The third kappa shape index (κ3) is 2.24. The molecule has 108 valence electrons. The highest BCUT2D eigenvalue weighted by molar-refractivity contribution is 5.42. The van der Waals surface area contributed by atoms with Crippen molar-refractivity contribution in [2.24, 2.45) is 0 Å². The molecule has 1 aromatic carbocycles. The van der Waals surface area contributed by atoms with Crippen LogP contribution in [0, 0.1) is 0 Å². The molecule has 0 saturated carbocycles. The molecule has 0 amide bonds. The molecule has 0 unspecified atom stereocenters. The summed E-state index contributed by atoms with van der Waals surface area (Å²) in [6.45, 7) is 0. The maximum absolute atomic E-state index is 4.27. The van der Waals surface area contributed by atoms with Crippen LogP contribution in [0.1, 0.15) is 22.9 Å². The molecule has 4 rings (SSSR count). The van der Waals surface area contributed by atoms with Crippen molar-refractivity contribution in [3.05, 3.63) is 96.3 Å². The average molecular weight is 288 g/mol. The number of H-pyrrole nitrogens is 2. The minimum atomic E-state index is 0.177. The standard InChI is InChI=1S/C18H16N4/c1-4-16(19-10-1)18(17-5-2-11-20-17)14-6-8-15(9-7-14)22-13-3-12-21-22/h1-13,18-20H. The van der Waals surface area contributed by atoms with Gasteiger partial charge < -0.3 is 9.97 Å². The van der Waals surface area contributed by atoms with Crippen LogP contribution in [-0.2, 0) is 0 Å². The Hall–Kier alpha value is -3.01. The second-order valence-electron chi connectivity index (χ2n) is 5.23. The molecule has 0 aliphatic heterocycles. The highest BCUT2D eigenvalue weighted by atomic mass is 15.3. The molecule has 3 heterocycles. The molecule has 0 radical (unpaired) electrons. The van der Waals surface area contributed by atoms with Crippen LogP contribution >= 0.6 is 0 Å². The Kier molecular flexibility index (Phi) is 3.12. The number of nitrogens with one attached hydrogen (secondary N) is 2. The lowest BCUT2D eigenvalue weighted by atomic mass is 9.92. The van der Waals surface area contributed by atoms with Crippen molar-refractivity contribution in [2.75, 3.05) is 0 Å². The summed E-state index contributed by atoms with van der Waals surface area (Å²) in [5.41, 5.74) is 4.65. The second-order valence-corrected chi connectivity index (χ2v) is 5.23. The van der Waals surface area contributed by atoms with Gasteiger partial charge in [0.1, 0.15) is 0 Å². The molecule has 2 N–H and O–H groups in total. The first-order valence-corrected chi connectivity index (χ1v) is 7.28. The van der Waals surface area contributed by atoms with Crippen molar-refractivity contribution in [1.29, 1.82) is 0 Å². The van der Waals surface area contributed by atoms with Gasteiger partial charge in [-0.1, -0.05) is 12.1 Å². The summed E-state index contributed by atoms with van der Waals surface area (Å²) < 4.78 is 1.86. The van der Waals surface area contributed by atoms with Crippen molar-refractivity contribution >= 4 is 0 Å². The molecule has 0 bridgehead atoms. The van der Waals surface area contributed by atoms with E-state index < -0.39 is 0 Å². The minimum Gasteiger partial charge on any atom is -0.364 e. The van der Waals surface area contributed by atoms with E-state index in [-0.39, 0.29) is 5.92 Å². The highest BCUT2D eigenvalue weighted by Gasteiger charge is 2.18. The lowest BCUT2D eigenvalue weighted by molar-refractivity contribution is 0.869. The fourth-order valence-electron chi connectivity index (χ4n) is 2.82. The Bertz CT molecular complexity index is 776. The first-order chi connectivity index (χ1) is 10.9. The summed E-state index contributed by atoms with van der Waals surface area (Å²) in [6, 6.07) is 18.7. The van der Waals surface area contributed by atoms with Gasteiger partial charge in [-0.25, -0.2) is 4.68 Å². The largest absolute Gasteiger partial charge is 0.364 e. The van der Waals surface area contributed by atoms with Crippen LogP contribution in [0.4, 0.5) is 0 Å². The fraction of sp³-hybridized carbons (Fsp3) is 0.0556. The first kappa shape index (κ1) is 12.7. The van der Waals surface area contributed by atoms with Gasteiger partial charge in [-0.05, 0) is 48.0 Å². The number of hydrogen-bond acceptors (Lipinski definition) is 1. The van der Waals surface area contributed by atoms with E-state index in [1.54, 1.807) is 6.20 Å². The maximum atomic E-state index is 4.27. The summed E-state index contributed by atoms with van der Waals surface area (Å²) in [7, 11) is 0. The molecule has 4 heteroatoms. The molecule has 0 fully saturated rings. The summed E-state index contributed by atoms with van der Waals surface area (Å²) in [4.78, 5) is 6.66. The van der Waals surface area contributed by atoms with Gasteiger partial charge >= 0.3 is 0 Å². The van der Waals surface area contributed by atoms with Gasteiger partial charge in [0, 0.05) is 36.2 Å². The third-order valence-electron chi connectivity index (χ3n) is 3.86. The van der Waals surface area contributed by atoms with E-state index >= 15 is 0 Å². The summed E-state index contributed by atoms with van der Waals surface area (Å²) in [6.07, 6.45) is 7.66. The van der Waals surface area contributed by atoms with E-state index in [4.69, 9.17) is 0 Å².